The van der Waals surface area contributed by atoms with Gasteiger partial charge in [-0.05, 0) is 50.3 Å². The molecule has 1 fully saturated rings. The maximum Gasteiger partial charge on any atom is 0.0424 e. The average Bonchev–Trinajstić information content (AvgIpc) is 2.42. The van der Waals surface area contributed by atoms with Crippen LogP contribution >= 0.6 is 23.2 Å². The SMILES string of the molecule is CN1CCCN(Cc2cc(Cl)cc(Cl)c2)CC1. The van der Waals surface area contributed by atoms with Gasteiger partial charge in [0.15, 0.2) is 0 Å². The van der Waals surface area contributed by atoms with E-state index < -0.39 is 0 Å². The molecular formula is C13H18Cl2N2. The van der Waals surface area contributed by atoms with Crippen molar-refractivity contribution in [2.45, 2.75) is 13.0 Å². The van der Waals surface area contributed by atoms with Gasteiger partial charge in [-0.25, -0.2) is 0 Å². The molecular weight excluding hydrogens is 255 g/mol. The maximum atomic E-state index is 6.01. The minimum atomic E-state index is 0.722. The summed E-state index contributed by atoms with van der Waals surface area (Å²) in [6.07, 6.45) is 1.23. The Morgan fingerprint density at radius 3 is 2.41 bits per heavy atom. The Hall–Kier alpha value is -0.280. The fourth-order valence-corrected chi connectivity index (χ4v) is 2.79. The quantitative estimate of drug-likeness (QED) is 0.816. The second kappa shape index (κ2) is 6.05. The third-order valence-electron chi connectivity index (χ3n) is 3.14. The van der Waals surface area contributed by atoms with Gasteiger partial charge in [-0.3, -0.25) is 4.90 Å². The van der Waals surface area contributed by atoms with Crippen molar-refractivity contribution >= 4 is 23.2 Å². The molecule has 0 unspecified atom stereocenters. The number of likely N-dealkylation sites (N-methyl/N-ethyl adjacent to an activating group) is 1. The first-order chi connectivity index (χ1) is 8.13. The molecule has 0 bridgehead atoms. The third kappa shape index (κ3) is 4.14. The summed E-state index contributed by atoms with van der Waals surface area (Å²) in [4.78, 5) is 4.84. The van der Waals surface area contributed by atoms with Crippen molar-refractivity contribution in [2.75, 3.05) is 33.2 Å². The molecule has 0 saturated carbocycles. The van der Waals surface area contributed by atoms with Gasteiger partial charge in [0.05, 0.1) is 0 Å². The standard InChI is InChI=1S/C13H18Cl2N2/c1-16-3-2-4-17(6-5-16)10-11-7-12(14)9-13(15)8-11/h7-9H,2-6,10H2,1H3. The summed E-state index contributed by atoms with van der Waals surface area (Å²) in [6, 6.07) is 5.78. The molecule has 2 nitrogen and oxygen atoms in total. The van der Waals surface area contributed by atoms with Crippen molar-refractivity contribution in [3.63, 3.8) is 0 Å². The van der Waals surface area contributed by atoms with Crippen LogP contribution in [-0.4, -0.2) is 43.0 Å². The highest BCUT2D eigenvalue weighted by Crippen LogP contribution is 2.20. The Bertz CT molecular complexity index is 361. The van der Waals surface area contributed by atoms with E-state index in [1.165, 1.54) is 18.5 Å². The first-order valence-corrected chi connectivity index (χ1v) is 6.75. The summed E-state index contributed by atoms with van der Waals surface area (Å²) in [7, 11) is 2.18. The number of nitrogens with zero attached hydrogens (tertiary/aromatic N) is 2. The Morgan fingerprint density at radius 1 is 1.00 bits per heavy atom. The molecule has 0 aromatic heterocycles. The third-order valence-corrected chi connectivity index (χ3v) is 3.58. The second-order valence-electron chi connectivity index (χ2n) is 4.71. The molecule has 4 heteroatoms. The van der Waals surface area contributed by atoms with Gasteiger partial charge in [0, 0.05) is 29.7 Å². The molecule has 0 aliphatic carbocycles. The Labute approximate surface area is 113 Å². The summed E-state index contributed by atoms with van der Waals surface area (Å²) in [5.41, 5.74) is 1.20. The van der Waals surface area contributed by atoms with Gasteiger partial charge >= 0.3 is 0 Å². The maximum absolute atomic E-state index is 6.01. The highest BCUT2D eigenvalue weighted by atomic mass is 35.5. The van der Waals surface area contributed by atoms with Crippen LogP contribution < -0.4 is 0 Å². The van der Waals surface area contributed by atoms with Gasteiger partial charge in [-0.2, -0.15) is 0 Å². The number of hydrogen-bond donors (Lipinski definition) is 0. The van der Waals surface area contributed by atoms with Gasteiger partial charge in [0.1, 0.15) is 0 Å². The van der Waals surface area contributed by atoms with E-state index in [4.69, 9.17) is 23.2 Å². The lowest BCUT2D eigenvalue weighted by atomic mass is 10.2. The molecule has 1 aliphatic heterocycles. The summed E-state index contributed by atoms with van der Waals surface area (Å²) in [5, 5.41) is 1.44. The minimum absolute atomic E-state index is 0.722. The zero-order chi connectivity index (χ0) is 12.3. The van der Waals surface area contributed by atoms with Crippen molar-refractivity contribution in [1.82, 2.24) is 9.80 Å². The van der Waals surface area contributed by atoms with Crippen LogP contribution in [0.3, 0.4) is 0 Å². The monoisotopic (exact) mass is 272 g/mol. The smallest absolute Gasteiger partial charge is 0.0424 e. The lowest BCUT2D eigenvalue weighted by Crippen LogP contribution is -2.28. The molecule has 17 heavy (non-hydrogen) atoms. The zero-order valence-corrected chi connectivity index (χ0v) is 11.6. The van der Waals surface area contributed by atoms with Gasteiger partial charge in [-0.15, -0.1) is 0 Å². The fraction of sp³-hybridized carbons (Fsp3) is 0.538. The minimum Gasteiger partial charge on any atom is -0.305 e. The molecule has 1 saturated heterocycles. The number of hydrogen-bond acceptors (Lipinski definition) is 2. The lowest BCUT2D eigenvalue weighted by molar-refractivity contribution is 0.269. The van der Waals surface area contributed by atoms with Crippen molar-refractivity contribution in [1.29, 1.82) is 0 Å². The molecule has 0 radical (unpaired) electrons. The van der Waals surface area contributed by atoms with E-state index in [1.807, 2.05) is 12.1 Å². The predicted molar refractivity (Wildman–Crippen MR) is 73.9 cm³/mol. The normalized spacial score (nSPS) is 19.2. The Balaban J connectivity index is 1.99. The van der Waals surface area contributed by atoms with Crippen LogP contribution in [0.1, 0.15) is 12.0 Å². The van der Waals surface area contributed by atoms with Crippen molar-refractivity contribution in [3.8, 4) is 0 Å². The molecule has 0 spiro atoms. The number of rotatable bonds is 2. The zero-order valence-electron chi connectivity index (χ0n) is 10.1. The van der Waals surface area contributed by atoms with Crippen molar-refractivity contribution in [2.24, 2.45) is 0 Å². The van der Waals surface area contributed by atoms with Crippen molar-refractivity contribution < 1.29 is 0 Å². The first kappa shape index (κ1) is 13.2. The van der Waals surface area contributed by atoms with E-state index in [0.29, 0.717) is 0 Å². The van der Waals surface area contributed by atoms with Gasteiger partial charge in [-0.1, -0.05) is 23.2 Å². The van der Waals surface area contributed by atoms with Crippen LogP contribution in [0, 0.1) is 0 Å². The van der Waals surface area contributed by atoms with Crippen LogP contribution in [0.4, 0.5) is 0 Å². The Morgan fingerprint density at radius 2 is 1.71 bits per heavy atom. The molecule has 1 heterocycles. The molecule has 94 valence electrons. The summed E-state index contributed by atoms with van der Waals surface area (Å²) in [6.45, 7) is 5.52. The van der Waals surface area contributed by atoms with E-state index in [0.717, 1.165) is 36.2 Å². The van der Waals surface area contributed by atoms with Crippen LogP contribution in [0.5, 0.6) is 0 Å². The van der Waals surface area contributed by atoms with E-state index in [-0.39, 0.29) is 0 Å². The van der Waals surface area contributed by atoms with Gasteiger partial charge in [0.2, 0.25) is 0 Å². The van der Waals surface area contributed by atoms with E-state index in [1.54, 1.807) is 6.07 Å². The van der Waals surface area contributed by atoms with E-state index in [2.05, 4.69) is 16.8 Å². The Kier molecular flexibility index (Phi) is 4.69. The average molecular weight is 273 g/mol. The molecule has 0 atom stereocenters. The van der Waals surface area contributed by atoms with Gasteiger partial charge in [0.25, 0.3) is 0 Å². The number of benzene rings is 1. The van der Waals surface area contributed by atoms with Crippen LogP contribution in [0.15, 0.2) is 18.2 Å². The lowest BCUT2D eigenvalue weighted by Gasteiger charge is -2.20. The predicted octanol–water partition coefficient (Wildman–Crippen LogP) is 3.13. The largest absolute Gasteiger partial charge is 0.305 e. The number of halogens is 2. The fourth-order valence-electron chi connectivity index (χ4n) is 2.22. The summed E-state index contributed by atoms with van der Waals surface area (Å²) < 4.78 is 0. The molecule has 1 aromatic rings. The summed E-state index contributed by atoms with van der Waals surface area (Å²) >= 11 is 12.0. The van der Waals surface area contributed by atoms with Crippen LogP contribution in [0.25, 0.3) is 0 Å². The summed E-state index contributed by atoms with van der Waals surface area (Å²) in [5.74, 6) is 0. The molecule has 0 amide bonds. The molecule has 0 N–H and O–H groups in total. The van der Waals surface area contributed by atoms with E-state index in [9.17, 15) is 0 Å². The van der Waals surface area contributed by atoms with Crippen LogP contribution in [0.2, 0.25) is 10.0 Å². The second-order valence-corrected chi connectivity index (χ2v) is 5.58. The first-order valence-electron chi connectivity index (χ1n) is 5.99. The molecule has 2 rings (SSSR count). The van der Waals surface area contributed by atoms with Crippen molar-refractivity contribution in [3.05, 3.63) is 33.8 Å². The highest BCUT2D eigenvalue weighted by molar-refractivity contribution is 6.34. The topological polar surface area (TPSA) is 6.48 Å². The van der Waals surface area contributed by atoms with Crippen LogP contribution in [-0.2, 0) is 6.54 Å². The molecule has 1 aliphatic rings. The van der Waals surface area contributed by atoms with E-state index >= 15 is 0 Å². The van der Waals surface area contributed by atoms with Gasteiger partial charge < -0.3 is 4.90 Å². The molecule has 1 aromatic carbocycles. The highest BCUT2D eigenvalue weighted by Gasteiger charge is 2.12.